The molecule has 0 spiro atoms. The second-order valence-electron chi connectivity index (χ2n) is 8.23. The van der Waals surface area contributed by atoms with E-state index in [-0.39, 0.29) is 6.54 Å². The first-order valence-electron chi connectivity index (χ1n) is 10.9. The SMILES string of the molecule is Fc1ccc(CNc2ncc3nc(-c4ccccc4Cl)n(C[C@@H]4CCCNC4)c3n2)c(F)c1. The molecule has 0 amide bonds. The molecular weight excluding hydrogens is 446 g/mol. The van der Waals surface area contributed by atoms with Gasteiger partial charge < -0.3 is 15.2 Å². The lowest BCUT2D eigenvalue weighted by molar-refractivity contribution is 0.341. The molecule has 1 aliphatic rings. The number of nitrogens with zero attached hydrogens (tertiary/aromatic N) is 4. The highest BCUT2D eigenvalue weighted by Gasteiger charge is 2.21. The van der Waals surface area contributed by atoms with Gasteiger partial charge in [-0.25, -0.2) is 18.7 Å². The number of anilines is 1. The maximum Gasteiger partial charge on any atom is 0.225 e. The summed E-state index contributed by atoms with van der Waals surface area (Å²) in [4.78, 5) is 13.8. The van der Waals surface area contributed by atoms with Crippen molar-refractivity contribution in [2.45, 2.75) is 25.9 Å². The number of nitrogens with one attached hydrogen (secondary N) is 2. The van der Waals surface area contributed by atoms with Gasteiger partial charge in [0.2, 0.25) is 5.95 Å². The predicted molar refractivity (Wildman–Crippen MR) is 125 cm³/mol. The third-order valence-electron chi connectivity index (χ3n) is 5.89. The first kappa shape index (κ1) is 21.7. The molecule has 33 heavy (non-hydrogen) atoms. The zero-order valence-electron chi connectivity index (χ0n) is 17.9. The van der Waals surface area contributed by atoms with Crippen molar-refractivity contribution >= 4 is 28.7 Å². The average Bonchev–Trinajstić information content (AvgIpc) is 3.17. The number of fused-ring (bicyclic) bond motifs is 1. The molecule has 0 radical (unpaired) electrons. The Hall–Kier alpha value is -3.10. The molecule has 6 nitrogen and oxygen atoms in total. The third kappa shape index (κ3) is 4.67. The summed E-state index contributed by atoms with van der Waals surface area (Å²) in [5, 5.41) is 7.12. The molecular formula is C24H23ClF2N6. The standard InChI is InChI=1S/C24H23ClF2N6/c25-19-6-2-1-5-18(19)22-31-21-13-30-24(29-12-16-7-8-17(26)10-20(16)27)32-23(21)33(22)14-15-4-3-9-28-11-15/h1-2,5-8,10,13,15,28H,3-4,9,11-12,14H2,(H,29,30,32)/t15-/m1/s1. The third-order valence-corrected chi connectivity index (χ3v) is 6.22. The van der Waals surface area contributed by atoms with Crippen LogP contribution in [0.3, 0.4) is 0 Å². The Labute approximate surface area is 195 Å². The highest BCUT2D eigenvalue weighted by Crippen LogP contribution is 2.31. The maximum absolute atomic E-state index is 14.0. The van der Waals surface area contributed by atoms with Crippen LogP contribution in [0.25, 0.3) is 22.6 Å². The number of halogens is 3. The molecule has 2 aromatic carbocycles. The van der Waals surface area contributed by atoms with E-state index in [4.69, 9.17) is 21.6 Å². The first-order chi connectivity index (χ1) is 16.1. The lowest BCUT2D eigenvalue weighted by atomic mass is 9.99. The van der Waals surface area contributed by atoms with Crippen LogP contribution in [0.5, 0.6) is 0 Å². The molecule has 0 bridgehead atoms. The predicted octanol–water partition coefficient (Wildman–Crippen LogP) is 5.04. The molecule has 0 unspecified atom stereocenters. The minimum absolute atomic E-state index is 0.135. The van der Waals surface area contributed by atoms with E-state index in [2.05, 4.69) is 20.2 Å². The Balaban J connectivity index is 1.50. The van der Waals surface area contributed by atoms with E-state index in [0.29, 0.717) is 33.6 Å². The van der Waals surface area contributed by atoms with E-state index in [9.17, 15) is 8.78 Å². The van der Waals surface area contributed by atoms with Gasteiger partial charge in [0.05, 0.1) is 11.2 Å². The van der Waals surface area contributed by atoms with Crippen LogP contribution >= 0.6 is 11.6 Å². The molecule has 1 saturated heterocycles. The number of hydrogen-bond donors (Lipinski definition) is 2. The second-order valence-corrected chi connectivity index (χ2v) is 8.64. The van der Waals surface area contributed by atoms with E-state index < -0.39 is 11.6 Å². The molecule has 1 fully saturated rings. The highest BCUT2D eigenvalue weighted by atomic mass is 35.5. The van der Waals surface area contributed by atoms with Gasteiger partial charge in [-0.15, -0.1) is 0 Å². The minimum Gasteiger partial charge on any atom is -0.350 e. The topological polar surface area (TPSA) is 67.7 Å². The summed E-state index contributed by atoms with van der Waals surface area (Å²) >= 11 is 6.50. The van der Waals surface area contributed by atoms with Crippen LogP contribution in [0.4, 0.5) is 14.7 Å². The smallest absolute Gasteiger partial charge is 0.225 e. The van der Waals surface area contributed by atoms with E-state index in [1.807, 2.05) is 24.3 Å². The number of rotatable bonds is 6. The maximum atomic E-state index is 14.0. The zero-order chi connectivity index (χ0) is 22.8. The minimum atomic E-state index is -0.612. The molecule has 9 heteroatoms. The molecule has 0 saturated carbocycles. The summed E-state index contributed by atoms with van der Waals surface area (Å²) < 4.78 is 29.3. The van der Waals surface area contributed by atoms with Gasteiger partial charge >= 0.3 is 0 Å². The van der Waals surface area contributed by atoms with Crippen molar-refractivity contribution in [1.29, 1.82) is 0 Å². The Bertz CT molecular complexity index is 1290. The second kappa shape index (κ2) is 9.41. The van der Waals surface area contributed by atoms with Crippen molar-refractivity contribution in [3.8, 4) is 11.4 Å². The number of imidazole rings is 1. The fourth-order valence-electron chi connectivity index (χ4n) is 4.20. The van der Waals surface area contributed by atoms with Crippen LogP contribution < -0.4 is 10.6 Å². The number of hydrogen-bond acceptors (Lipinski definition) is 5. The number of benzene rings is 2. The highest BCUT2D eigenvalue weighted by molar-refractivity contribution is 6.33. The molecule has 3 heterocycles. The van der Waals surface area contributed by atoms with Gasteiger partial charge in [-0.2, -0.15) is 4.98 Å². The normalized spacial score (nSPS) is 16.3. The van der Waals surface area contributed by atoms with Crippen molar-refractivity contribution in [3.05, 3.63) is 70.9 Å². The molecule has 1 aliphatic heterocycles. The van der Waals surface area contributed by atoms with Crippen molar-refractivity contribution in [1.82, 2.24) is 24.8 Å². The van der Waals surface area contributed by atoms with Crippen LogP contribution in [0, 0.1) is 17.6 Å². The average molecular weight is 469 g/mol. The molecule has 0 aliphatic carbocycles. The quantitative estimate of drug-likeness (QED) is 0.415. The van der Waals surface area contributed by atoms with Gasteiger partial charge in [0.1, 0.15) is 23.0 Å². The van der Waals surface area contributed by atoms with E-state index in [1.54, 1.807) is 6.20 Å². The summed E-state index contributed by atoms with van der Waals surface area (Å²) in [5.41, 5.74) is 2.52. The van der Waals surface area contributed by atoms with Crippen LogP contribution in [0.2, 0.25) is 5.02 Å². The van der Waals surface area contributed by atoms with Crippen LogP contribution in [-0.4, -0.2) is 32.6 Å². The van der Waals surface area contributed by atoms with Gasteiger partial charge in [0.15, 0.2) is 5.65 Å². The Morgan fingerprint density at radius 3 is 2.82 bits per heavy atom. The fourth-order valence-corrected chi connectivity index (χ4v) is 4.42. The van der Waals surface area contributed by atoms with Crippen LogP contribution in [0.15, 0.2) is 48.7 Å². The van der Waals surface area contributed by atoms with Crippen molar-refractivity contribution in [3.63, 3.8) is 0 Å². The van der Waals surface area contributed by atoms with Crippen LogP contribution in [-0.2, 0) is 13.1 Å². The summed E-state index contributed by atoms with van der Waals surface area (Å²) in [6.45, 7) is 2.85. The summed E-state index contributed by atoms with van der Waals surface area (Å²) in [7, 11) is 0. The van der Waals surface area contributed by atoms with E-state index in [0.717, 1.165) is 49.9 Å². The van der Waals surface area contributed by atoms with E-state index >= 15 is 0 Å². The Morgan fingerprint density at radius 2 is 2.03 bits per heavy atom. The van der Waals surface area contributed by atoms with Crippen molar-refractivity contribution in [2.75, 3.05) is 18.4 Å². The zero-order valence-corrected chi connectivity index (χ0v) is 18.6. The van der Waals surface area contributed by atoms with Gasteiger partial charge in [-0.1, -0.05) is 29.8 Å². The lowest BCUT2D eigenvalue weighted by Gasteiger charge is -2.24. The fraction of sp³-hybridized carbons (Fsp3) is 0.292. The summed E-state index contributed by atoms with van der Waals surface area (Å²) in [5.74, 6) is 0.315. The molecule has 4 aromatic rings. The lowest BCUT2D eigenvalue weighted by Crippen LogP contribution is -2.32. The van der Waals surface area contributed by atoms with E-state index in [1.165, 1.54) is 12.1 Å². The first-order valence-corrected chi connectivity index (χ1v) is 11.3. The monoisotopic (exact) mass is 468 g/mol. The van der Waals surface area contributed by atoms with Crippen molar-refractivity contribution < 1.29 is 8.78 Å². The molecule has 2 N–H and O–H groups in total. The number of aromatic nitrogens is 4. The number of piperidine rings is 1. The molecule has 170 valence electrons. The Kier molecular flexibility index (Phi) is 6.20. The molecule has 1 atom stereocenters. The molecule has 2 aromatic heterocycles. The summed E-state index contributed by atoms with van der Waals surface area (Å²) in [6.07, 6.45) is 3.90. The summed E-state index contributed by atoms with van der Waals surface area (Å²) in [6, 6.07) is 11.1. The van der Waals surface area contributed by atoms with Crippen LogP contribution in [0.1, 0.15) is 18.4 Å². The van der Waals surface area contributed by atoms with Gasteiger partial charge in [-0.3, -0.25) is 0 Å². The Morgan fingerprint density at radius 1 is 1.15 bits per heavy atom. The van der Waals surface area contributed by atoms with Gasteiger partial charge in [0.25, 0.3) is 0 Å². The van der Waals surface area contributed by atoms with Gasteiger partial charge in [-0.05, 0) is 50.0 Å². The van der Waals surface area contributed by atoms with Gasteiger partial charge in [0, 0.05) is 30.3 Å². The largest absolute Gasteiger partial charge is 0.350 e. The molecule has 5 rings (SSSR count). The van der Waals surface area contributed by atoms with Crippen molar-refractivity contribution in [2.24, 2.45) is 5.92 Å².